The Balaban J connectivity index is 2.07. The van der Waals surface area contributed by atoms with Crippen LogP contribution in [0.25, 0.3) is 0 Å². The van der Waals surface area contributed by atoms with Crippen LogP contribution in [0.5, 0.6) is 0 Å². The second kappa shape index (κ2) is 6.12. The molecule has 0 aliphatic rings. The van der Waals surface area contributed by atoms with Gasteiger partial charge < -0.3 is 10.0 Å². The van der Waals surface area contributed by atoms with E-state index in [1.807, 2.05) is 0 Å². The molecule has 8 heteroatoms. The quantitative estimate of drug-likeness (QED) is 0.879. The van der Waals surface area contributed by atoms with Gasteiger partial charge in [-0.2, -0.15) is 0 Å². The highest BCUT2D eigenvalue weighted by Gasteiger charge is 2.17. The number of aliphatic carboxylic acids is 1. The molecule has 0 unspecified atom stereocenters. The smallest absolute Gasteiger partial charge is 0.325 e. The zero-order valence-corrected chi connectivity index (χ0v) is 11.2. The Morgan fingerprint density at radius 2 is 2.10 bits per heavy atom. The van der Waals surface area contributed by atoms with E-state index in [-0.39, 0.29) is 18.8 Å². The van der Waals surface area contributed by atoms with Crippen molar-refractivity contribution < 1.29 is 19.1 Å². The molecule has 0 spiro atoms. The molecule has 2 aromatic rings. The van der Waals surface area contributed by atoms with Crippen molar-refractivity contribution in [3.05, 3.63) is 47.5 Å². The molecule has 1 N–H and O–H groups in total. The number of amides is 1. The third kappa shape index (κ3) is 3.62. The predicted molar refractivity (Wildman–Crippen MR) is 69.9 cm³/mol. The average Bonchev–Trinajstić information content (AvgIpc) is 2.88. The van der Waals surface area contributed by atoms with E-state index in [0.717, 1.165) is 4.68 Å². The van der Waals surface area contributed by atoms with E-state index in [2.05, 4.69) is 10.3 Å². The van der Waals surface area contributed by atoms with Gasteiger partial charge in [0.2, 0.25) is 0 Å². The Labute approximate surface area is 119 Å². The van der Waals surface area contributed by atoms with Gasteiger partial charge in [-0.25, -0.2) is 9.07 Å². The minimum atomic E-state index is -1.08. The molecular weight excluding hydrogens is 279 g/mol. The van der Waals surface area contributed by atoms with Crippen LogP contribution in [0, 0.1) is 5.82 Å². The van der Waals surface area contributed by atoms with Crippen molar-refractivity contribution in [1.82, 2.24) is 19.9 Å². The van der Waals surface area contributed by atoms with Crippen LogP contribution in [-0.2, 0) is 17.9 Å². The van der Waals surface area contributed by atoms with E-state index in [4.69, 9.17) is 5.11 Å². The van der Waals surface area contributed by atoms with E-state index < -0.39 is 17.7 Å². The fraction of sp³-hybridized carbons (Fsp3) is 0.231. The van der Waals surface area contributed by atoms with Crippen LogP contribution in [-0.4, -0.2) is 43.9 Å². The summed E-state index contributed by atoms with van der Waals surface area (Å²) in [5.74, 6) is -1.94. The molecule has 0 aliphatic carbocycles. The number of rotatable bonds is 5. The van der Waals surface area contributed by atoms with Crippen molar-refractivity contribution in [1.29, 1.82) is 0 Å². The second-order valence-electron chi connectivity index (χ2n) is 4.45. The fourth-order valence-corrected chi connectivity index (χ4v) is 1.76. The van der Waals surface area contributed by atoms with Crippen LogP contribution in [0.3, 0.4) is 0 Å². The van der Waals surface area contributed by atoms with Gasteiger partial charge in [0.25, 0.3) is 5.91 Å². The van der Waals surface area contributed by atoms with Crippen LogP contribution in [0.15, 0.2) is 30.5 Å². The highest BCUT2D eigenvalue weighted by Crippen LogP contribution is 2.10. The molecule has 0 atom stereocenters. The third-order valence-electron chi connectivity index (χ3n) is 2.77. The number of benzene rings is 1. The lowest BCUT2D eigenvalue weighted by Crippen LogP contribution is -2.27. The Hall–Kier alpha value is -2.77. The van der Waals surface area contributed by atoms with Gasteiger partial charge in [0, 0.05) is 19.2 Å². The monoisotopic (exact) mass is 292 g/mol. The summed E-state index contributed by atoms with van der Waals surface area (Å²) in [5, 5.41) is 15.8. The number of carboxylic acid groups (broad SMARTS) is 1. The molecule has 110 valence electrons. The molecule has 0 fully saturated rings. The van der Waals surface area contributed by atoms with Gasteiger partial charge in [0.15, 0.2) is 5.69 Å². The molecule has 1 aromatic carbocycles. The molecule has 0 saturated heterocycles. The predicted octanol–water partition coefficient (Wildman–Crippen LogP) is 0.774. The molecule has 1 aromatic heterocycles. The first-order valence-electron chi connectivity index (χ1n) is 6.08. The number of halogens is 1. The zero-order valence-electron chi connectivity index (χ0n) is 11.2. The summed E-state index contributed by atoms with van der Waals surface area (Å²) in [6, 6.07) is 6.15. The Morgan fingerprint density at radius 3 is 2.76 bits per heavy atom. The van der Waals surface area contributed by atoms with Gasteiger partial charge in [-0.3, -0.25) is 9.59 Å². The lowest BCUT2D eigenvalue weighted by Gasteiger charge is -2.15. The summed E-state index contributed by atoms with van der Waals surface area (Å²) < 4.78 is 14.6. The molecule has 2 rings (SSSR count). The van der Waals surface area contributed by atoms with Crippen LogP contribution >= 0.6 is 0 Å². The minimum absolute atomic E-state index is 0.00934. The van der Waals surface area contributed by atoms with E-state index in [1.54, 1.807) is 18.2 Å². The minimum Gasteiger partial charge on any atom is -0.480 e. The molecular formula is C13H13FN4O3. The topological polar surface area (TPSA) is 88.3 Å². The van der Waals surface area contributed by atoms with Crippen molar-refractivity contribution in [3.8, 4) is 0 Å². The van der Waals surface area contributed by atoms with Crippen molar-refractivity contribution in [2.45, 2.75) is 13.1 Å². The normalized spacial score (nSPS) is 10.4. The summed E-state index contributed by atoms with van der Waals surface area (Å²) in [7, 11) is 1.50. The molecule has 0 bridgehead atoms. The van der Waals surface area contributed by atoms with Crippen LogP contribution < -0.4 is 0 Å². The Kier molecular flexibility index (Phi) is 4.27. The Bertz CT molecular complexity index is 671. The number of aromatic nitrogens is 3. The lowest BCUT2D eigenvalue weighted by molar-refractivity contribution is -0.137. The summed E-state index contributed by atoms with van der Waals surface area (Å²) in [6.45, 7) is -0.297. The SMILES string of the molecule is CN(Cc1ccccc1F)C(=O)c1cn(CC(=O)O)nn1. The standard InChI is InChI=1S/C13H13FN4O3/c1-17(6-9-4-2-3-5-10(9)14)13(21)11-7-18(16-15-11)8-12(19)20/h2-5,7H,6,8H2,1H3,(H,19,20). The maximum Gasteiger partial charge on any atom is 0.325 e. The van der Waals surface area contributed by atoms with Crippen LogP contribution in [0.4, 0.5) is 4.39 Å². The summed E-state index contributed by atoms with van der Waals surface area (Å²) in [4.78, 5) is 23.9. The number of carboxylic acids is 1. The molecule has 1 amide bonds. The first-order valence-corrected chi connectivity index (χ1v) is 6.08. The van der Waals surface area contributed by atoms with Gasteiger partial charge in [-0.15, -0.1) is 5.10 Å². The average molecular weight is 292 g/mol. The van der Waals surface area contributed by atoms with E-state index in [0.29, 0.717) is 5.56 Å². The maximum atomic E-state index is 13.5. The van der Waals surface area contributed by atoms with Crippen molar-refractivity contribution in [2.75, 3.05) is 7.05 Å². The number of hydrogen-bond acceptors (Lipinski definition) is 4. The molecule has 1 heterocycles. The first-order chi connectivity index (χ1) is 9.97. The van der Waals surface area contributed by atoms with E-state index in [9.17, 15) is 14.0 Å². The Morgan fingerprint density at radius 1 is 1.38 bits per heavy atom. The fourth-order valence-electron chi connectivity index (χ4n) is 1.76. The summed E-state index contributed by atoms with van der Waals surface area (Å²) >= 11 is 0. The number of carbonyl (C=O) groups is 2. The van der Waals surface area contributed by atoms with Crippen molar-refractivity contribution >= 4 is 11.9 Å². The van der Waals surface area contributed by atoms with E-state index in [1.165, 1.54) is 24.2 Å². The molecule has 0 radical (unpaired) electrons. The second-order valence-corrected chi connectivity index (χ2v) is 4.45. The van der Waals surface area contributed by atoms with Crippen molar-refractivity contribution in [3.63, 3.8) is 0 Å². The van der Waals surface area contributed by atoms with Crippen LogP contribution in [0.2, 0.25) is 0 Å². The molecule has 0 saturated carbocycles. The number of nitrogens with zero attached hydrogens (tertiary/aromatic N) is 4. The lowest BCUT2D eigenvalue weighted by atomic mass is 10.2. The van der Waals surface area contributed by atoms with Gasteiger partial charge in [-0.05, 0) is 6.07 Å². The molecule has 21 heavy (non-hydrogen) atoms. The van der Waals surface area contributed by atoms with Gasteiger partial charge in [0.1, 0.15) is 12.4 Å². The summed E-state index contributed by atoms with van der Waals surface area (Å²) in [6.07, 6.45) is 1.24. The summed E-state index contributed by atoms with van der Waals surface area (Å²) in [5.41, 5.74) is 0.390. The van der Waals surface area contributed by atoms with E-state index >= 15 is 0 Å². The first kappa shape index (κ1) is 14.6. The molecule has 0 aliphatic heterocycles. The largest absolute Gasteiger partial charge is 0.480 e. The van der Waals surface area contributed by atoms with Crippen LogP contribution in [0.1, 0.15) is 16.1 Å². The zero-order chi connectivity index (χ0) is 15.4. The van der Waals surface area contributed by atoms with Gasteiger partial charge in [0.05, 0.1) is 6.20 Å². The number of hydrogen-bond donors (Lipinski definition) is 1. The molecule has 7 nitrogen and oxygen atoms in total. The number of carbonyl (C=O) groups excluding carboxylic acids is 1. The highest BCUT2D eigenvalue weighted by atomic mass is 19.1. The third-order valence-corrected chi connectivity index (χ3v) is 2.77. The maximum absolute atomic E-state index is 13.5. The van der Waals surface area contributed by atoms with Gasteiger partial charge in [-0.1, -0.05) is 23.4 Å². The van der Waals surface area contributed by atoms with Crippen molar-refractivity contribution in [2.24, 2.45) is 0 Å². The van der Waals surface area contributed by atoms with Gasteiger partial charge >= 0.3 is 5.97 Å². The highest BCUT2D eigenvalue weighted by molar-refractivity contribution is 5.91.